The smallest absolute Gasteiger partial charge is 0.238 e. The molecule has 2 aromatic carbocycles. The van der Waals surface area contributed by atoms with Crippen LogP contribution in [-0.2, 0) is 14.6 Å². The fourth-order valence-corrected chi connectivity index (χ4v) is 4.59. The molecular weight excluding hydrogens is 400 g/mol. The monoisotopic (exact) mass is 424 g/mol. The standard InChI is InChI=1S/C20H25ClN2O4S/c1-14-5-6-15(2)19(11-14)28(25,26)10-9-23(3)13-20(24)22-17-12-16(21)7-8-18(17)27-4/h5-8,11-12H,9-10,13H2,1-4H3,(H,22,24). The van der Waals surface area contributed by atoms with Gasteiger partial charge in [-0.15, -0.1) is 0 Å². The fourth-order valence-electron chi connectivity index (χ4n) is 2.72. The summed E-state index contributed by atoms with van der Waals surface area (Å²) >= 11 is 5.96. The van der Waals surface area contributed by atoms with E-state index in [0.29, 0.717) is 21.4 Å². The maximum Gasteiger partial charge on any atom is 0.238 e. The molecule has 2 rings (SSSR count). The predicted octanol–water partition coefficient (Wildman–Crippen LogP) is 3.31. The molecule has 1 N–H and O–H groups in total. The third-order valence-electron chi connectivity index (χ3n) is 4.27. The summed E-state index contributed by atoms with van der Waals surface area (Å²) in [5.74, 6) is 0.145. The van der Waals surface area contributed by atoms with Gasteiger partial charge >= 0.3 is 0 Å². The number of amides is 1. The van der Waals surface area contributed by atoms with Gasteiger partial charge in [0.1, 0.15) is 5.75 Å². The van der Waals surface area contributed by atoms with E-state index in [-0.39, 0.29) is 24.7 Å². The first-order valence-electron chi connectivity index (χ1n) is 8.74. The first-order valence-corrected chi connectivity index (χ1v) is 10.8. The van der Waals surface area contributed by atoms with Crippen LogP contribution in [-0.4, -0.2) is 52.2 Å². The molecule has 0 saturated heterocycles. The van der Waals surface area contributed by atoms with E-state index in [4.69, 9.17) is 16.3 Å². The molecular formula is C20H25ClN2O4S. The normalized spacial score (nSPS) is 11.5. The molecule has 0 aromatic heterocycles. The number of carbonyl (C=O) groups is 1. The Morgan fingerprint density at radius 2 is 1.89 bits per heavy atom. The van der Waals surface area contributed by atoms with E-state index in [1.807, 2.05) is 13.0 Å². The number of ether oxygens (including phenoxy) is 1. The molecule has 0 bridgehead atoms. The molecule has 0 heterocycles. The first kappa shape index (κ1) is 22.2. The third kappa shape index (κ3) is 5.95. The number of nitrogens with one attached hydrogen (secondary N) is 1. The van der Waals surface area contributed by atoms with Gasteiger partial charge in [-0.05, 0) is 56.3 Å². The minimum Gasteiger partial charge on any atom is -0.495 e. The summed E-state index contributed by atoms with van der Waals surface area (Å²) in [6, 6.07) is 10.3. The number of nitrogens with zero attached hydrogens (tertiary/aromatic N) is 1. The summed E-state index contributed by atoms with van der Waals surface area (Å²) in [4.78, 5) is 14.3. The number of hydrogen-bond donors (Lipinski definition) is 1. The zero-order valence-corrected chi connectivity index (χ0v) is 18.0. The van der Waals surface area contributed by atoms with Gasteiger partial charge in [0.2, 0.25) is 5.91 Å². The molecule has 152 valence electrons. The van der Waals surface area contributed by atoms with Crippen LogP contribution in [0.25, 0.3) is 0 Å². The Labute approximate surface area is 171 Å². The molecule has 0 saturated carbocycles. The van der Waals surface area contributed by atoms with Crippen molar-refractivity contribution in [3.05, 3.63) is 52.5 Å². The number of aryl methyl sites for hydroxylation is 2. The zero-order chi connectivity index (χ0) is 20.9. The Kier molecular flexibility index (Phi) is 7.46. The highest BCUT2D eigenvalue weighted by atomic mass is 35.5. The van der Waals surface area contributed by atoms with Crippen LogP contribution in [0.1, 0.15) is 11.1 Å². The number of halogens is 1. The molecule has 8 heteroatoms. The van der Waals surface area contributed by atoms with Gasteiger partial charge in [-0.1, -0.05) is 23.7 Å². The molecule has 2 aromatic rings. The van der Waals surface area contributed by atoms with Gasteiger partial charge in [0.15, 0.2) is 9.84 Å². The van der Waals surface area contributed by atoms with Crippen molar-refractivity contribution in [3.63, 3.8) is 0 Å². The van der Waals surface area contributed by atoms with Crippen molar-refractivity contribution in [2.75, 3.05) is 38.3 Å². The molecule has 0 fully saturated rings. The Morgan fingerprint density at radius 3 is 2.57 bits per heavy atom. The van der Waals surface area contributed by atoms with Crippen LogP contribution in [0.4, 0.5) is 5.69 Å². The number of anilines is 1. The predicted molar refractivity (Wildman–Crippen MR) is 112 cm³/mol. The molecule has 0 aliphatic carbocycles. The van der Waals surface area contributed by atoms with Crippen molar-refractivity contribution < 1.29 is 17.9 Å². The second-order valence-corrected chi connectivity index (χ2v) is 9.23. The van der Waals surface area contributed by atoms with Crippen molar-refractivity contribution in [2.24, 2.45) is 0 Å². The minimum absolute atomic E-state index is 0.0397. The van der Waals surface area contributed by atoms with Crippen molar-refractivity contribution in [3.8, 4) is 5.75 Å². The summed E-state index contributed by atoms with van der Waals surface area (Å²) in [7, 11) is -0.225. The fraction of sp³-hybridized carbons (Fsp3) is 0.350. The molecule has 0 radical (unpaired) electrons. The maximum atomic E-state index is 12.6. The SMILES string of the molecule is COc1ccc(Cl)cc1NC(=O)CN(C)CCS(=O)(=O)c1cc(C)ccc1C. The van der Waals surface area contributed by atoms with E-state index in [1.54, 1.807) is 49.2 Å². The lowest BCUT2D eigenvalue weighted by molar-refractivity contribution is -0.117. The van der Waals surface area contributed by atoms with Gasteiger partial charge in [-0.2, -0.15) is 0 Å². The van der Waals surface area contributed by atoms with Crippen molar-refractivity contribution >= 4 is 33.0 Å². The highest BCUT2D eigenvalue weighted by Crippen LogP contribution is 2.27. The summed E-state index contributed by atoms with van der Waals surface area (Å²) < 4.78 is 30.5. The lowest BCUT2D eigenvalue weighted by Gasteiger charge is -2.18. The van der Waals surface area contributed by atoms with Crippen LogP contribution >= 0.6 is 11.6 Å². The van der Waals surface area contributed by atoms with Crippen molar-refractivity contribution in [2.45, 2.75) is 18.7 Å². The van der Waals surface area contributed by atoms with E-state index in [0.717, 1.165) is 11.1 Å². The third-order valence-corrected chi connectivity index (χ3v) is 6.33. The molecule has 28 heavy (non-hydrogen) atoms. The summed E-state index contributed by atoms with van der Waals surface area (Å²) in [5, 5.41) is 3.22. The van der Waals surface area contributed by atoms with Crippen LogP contribution in [0.5, 0.6) is 5.75 Å². The van der Waals surface area contributed by atoms with E-state index >= 15 is 0 Å². The number of carbonyl (C=O) groups excluding carboxylic acids is 1. The average Bonchev–Trinajstić information content (AvgIpc) is 2.62. The number of sulfone groups is 1. The number of benzene rings is 2. The highest BCUT2D eigenvalue weighted by molar-refractivity contribution is 7.91. The second-order valence-electron chi connectivity index (χ2n) is 6.72. The Balaban J connectivity index is 1.97. The van der Waals surface area contributed by atoms with E-state index in [1.165, 1.54) is 7.11 Å². The molecule has 0 unspecified atom stereocenters. The van der Waals surface area contributed by atoms with Crippen molar-refractivity contribution in [1.29, 1.82) is 0 Å². The Morgan fingerprint density at radius 1 is 1.18 bits per heavy atom. The molecule has 0 spiro atoms. The van der Waals surface area contributed by atoms with Crippen LogP contribution in [0, 0.1) is 13.8 Å². The number of hydrogen-bond acceptors (Lipinski definition) is 5. The van der Waals surface area contributed by atoms with Gasteiger partial charge in [0, 0.05) is 11.6 Å². The average molecular weight is 425 g/mol. The Bertz CT molecular complexity index is 961. The van der Waals surface area contributed by atoms with Gasteiger partial charge in [-0.3, -0.25) is 9.69 Å². The summed E-state index contributed by atoms with van der Waals surface area (Å²) in [5.41, 5.74) is 2.09. The molecule has 1 amide bonds. The van der Waals surface area contributed by atoms with Gasteiger partial charge in [0.25, 0.3) is 0 Å². The van der Waals surface area contributed by atoms with E-state index in [2.05, 4.69) is 5.32 Å². The van der Waals surface area contributed by atoms with Crippen LogP contribution in [0.15, 0.2) is 41.3 Å². The lowest BCUT2D eigenvalue weighted by atomic mass is 10.2. The van der Waals surface area contributed by atoms with Crippen LogP contribution in [0.3, 0.4) is 0 Å². The molecule has 0 aliphatic heterocycles. The van der Waals surface area contributed by atoms with E-state index in [9.17, 15) is 13.2 Å². The largest absolute Gasteiger partial charge is 0.495 e. The molecule has 0 aliphatic rings. The van der Waals surface area contributed by atoms with E-state index < -0.39 is 9.84 Å². The van der Waals surface area contributed by atoms with Gasteiger partial charge in [0.05, 0.1) is 30.0 Å². The topological polar surface area (TPSA) is 75.7 Å². The highest BCUT2D eigenvalue weighted by Gasteiger charge is 2.19. The number of likely N-dealkylation sites (N-methyl/N-ethyl adjacent to an activating group) is 1. The molecule has 6 nitrogen and oxygen atoms in total. The Hall–Kier alpha value is -2.09. The lowest BCUT2D eigenvalue weighted by Crippen LogP contribution is -2.33. The second kappa shape index (κ2) is 9.41. The quantitative estimate of drug-likeness (QED) is 0.703. The number of rotatable bonds is 8. The van der Waals surface area contributed by atoms with Gasteiger partial charge < -0.3 is 10.1 Å². The number of methoxy groups -OCH3 is 1. The van der Waals surface area contributed by atoms with Crippen LogP contribution in [0.2, 0.25) is 5.02 Å². The van der Waals surface area contributed by atoms with Crippen LogP contribution < -0.4 is 10.1 Å². The summed E-state index contributed by atoms with van der Waals surface area (Å²) in [6.07, 6.45) is 0. The maximum absolute atomic E-state index is 12.6. The van der Waals surface area contributed by atoms with Crippen molar-refractivity contribution in [1.82, 2.24) is 4.90 Å². The zero-order valence-electron chi connectivity index (χ0n) is 16.5. The van der Waals surface area contributed by atoms with Gasteiger partial charge in [-0.25, -0.2) is 8.42 Å². The summed E-state index contributed by atoms with van der Waals surface area (Å²) in [6.45, 7) is 3.91. The molecule has 0 atom stereocenters. The minimum atomic E-state index is -3.43. The first-order chi connectivity index (χ1) is 13.1.